The molecule has 3 nitrogen and oxygen atoms in total. The van der Waals surface area contributed by atoms with Crippen LogP contribution in [0.4, 0.5) is 11.4 Å². The first-order chi connectivity index (χ1) is 9.61. The van der Waals surface area contributed by atoms with Crippen molar-refractivity contribution in [2.45, 2.75) is 32.1 Å². The summed E-state index contributed by atoms with van der Waals surface area (Å²) >= 11 is 0. The normalized spacial score (nSPS) is 14.7. The highest BCUT2D eigenvalue weighted by molar-refractivity contribution is 5.71. The standard InChI is InChI=1S/C17H29N3/c1-5-18-16-13-15(14-7-8-14)9-10-17(16)20(4)12-6-11-19(2)3/h9-10,13-14,18H,5-8,11-12H2,1-4H3. The molecule has 0 bridgehead atoms. The van der Waals surface area contributed by atoms with Gasteiger partial charge in [0.1, 0.15) is 0 Å². The summed E-state index contributed by atoms with van der Waals surface area (Å²) in [5.74, 6) is 0.820. The maximum Gasteiger partial charge on any atom is 0.0599 e. The van der Waals surface area contributed by atoms with Gasteiger partial charge in [0.15, 0.2) is 0 Å². The molecule has 1 saturated carbocycles. The van der Waals surface area contributed by atoms with Crippen molar-refractivity contribution in [2.75, 3.05) is 51.0 Å². The Morgan fingerprint density at radius 1 is 1.15 bits per heavy atom. The van der Waals surface area contributed by atoms with Crippen molar-refractivity contribution in [1.82, 2.24) is 4.90 Å². The number of hydrogen-bond donors (Lipinski definition) is 1. The van der Waals surface area contributed by atoms with Crippen LogP contribution in [0.1, 0.15) is 37.7 Å². The summed E-state index contributed by atoms with van der Waals surface area (Å²) < 4.78 is 0. The van der Waals surface area contributed by atoms with Crippen molar-refractivity contribution >= 4 is 11.4 Å². The zero-order chi connectivity index (χ0) is 14.5. The Bertz CT molecular complexity index is 424. The molecule has 1 aliphatic carbocycles. The highest BCUT2D eigenvalue weighted by atomic mass is 15.1. The Morgan fingerprint density at radius 2 is 1.90 bits per heavy atom. The van der Waals surface area contributed by atoms with E-state index in [1.54, 1.807) is 0 Å². The van der Waals surface area contributed by atoms with E-state index in [0.717, 1.165) is 25.6 Å². The molecule has 0 unspecified atom stereocenters. The van der Waals surface area contributed by atoms with Gasteiger partial charge in [-0.1, -0.05) is 6.07 Å². The fourth-order valence-electron chi connectivity index (χ4n) is 2.63. The average molecular weight is 275 g/mol. The molecule has 3 heteroatoms. The van der Waals surface area contributed by atoms with Crippen LogP contribution in [0.2, 0.25) is 0 Å². The quantitative estimate of drug-likeness (QED) is 0.784. The third-order valence-electron chi connectivity index (χ3n) is 3.95. The lowest BCUT2D eigenvalue weighted by Crippen LogP contribution is -2.24. The molecule has 1 fully saturated rings. The number of nitrogens with one attached hydrogen (secondary N) is 1. The second-order valence-corrected chi connectivity index (χ2v) is 6.16. The topological polar surface area (TPSA) is 18.5 Å². The van der Waals surface area contributed by atoms with Crippen LogP contribution in [-0.4, -0.2) is 45.7 Å². The van der Waals surface area contributed by atoms with Gasteiger partial charge in [0.2, 0.25) is 0 Å². The van der Waals surface area contributed by atoms with Crippen LogP contribution in [0.25, 0.3) is 0 Å². The Kier molecular flexibility index (Phi) is 5.30. The summed E-state index contributed by atoms with van der Waals surface area (Å²) in [6, 6.07) is 6.97. The van der Waals surface area contributed by atoms with Crippen molar-refractivity contribution in [1.29, 1.82) is 0 Å². The Labute approximate surface area is 124 Å². The van der Waals surface area contributed by atoms with Crippen LogP contribution in [0.15, 0.2) is 18.2 Å². The van der Waals surface area contributed by atoms with Crippen LogP contribution in [0, 0.1) is 0 Å². The highest BCUT2D eigenvalue weighted by Crippen LogP contribution is 2.42. The van der Waals surface area contributed by atoms with Gasteiger partial charge < -0.3 is 15.1 Å². The molecular weight excluding hydrogens is 246 g/mol. The van der Waals surface area contributed by atoms with E-state index in [9.17, 15) is 0 Å². The van der Waals surface area contributed by atoms with Crippen LogP contribution in [0.3, 0.4) is 0 Å². The van der Waals surface area contributed by atoms with E-state index < -0.39 is 0 Å². The first kappa shape index (κ1) is 15.2. The summed E-state index contributed by atoms with van der Waals surface area (Å²) in [7, 11) is 6.46. The summed E-state index contributed by atoms with van der Waals surface area (Å²) in [5.41, 5.74) is 4.13. The Morgan fingerprint density at radius 3 is 2.50 bits per heavy atom. The van der Waals surface area contributed by atoms with Gasteiger partial charge in [0.25, 0.3) is 0 Å². The smallest absolute Gasteiger partial charge is 0.0599 e. The van der Waals surface area contributed by atoms with Crippen LogP contribution < -0.4 is 10.2 Å². The lowest BCUT2D eigenvalue weighted by atomic mass is 10.1. The molecule has 2 rings (SSSR count). The summed E-state index contributed by atoms with van der Waals surface area (Å²) in [6.45, 7) is 5.38. The third kappa shape index (κ3) is 4.14. The molecule has 0 aliphatic heterocycles. The zero-order valence-corrected chi connectivity index (χ0v) is 13.4. The molecule has 0 aromatic heterocycles. The van der Waals surface area contributed by atoms with Gasteiger partial charge in [-0.25, -0.2) is 0 Å². The minimum atomic E-state index is 0.820. The fourth-order valence-corrected chi connectivity index (χ4v) is 2.63. The number of benzene rings is 1. The average Bonchev–Trinajstić information content (AvgIpc) is 3.22. The van der Waals surface area contributed by atoms with Gasteiger partial charge in [-0.15, -0.1) is 0 Å². The van der Waals surface area contributed by atoms with E-state index in [2.05, 4.69) is 61.4 Å². The van der Waals surface area contributed by atoms with E-state index in [0.29, 0.717) is 0 Å². The van der Waals surface area contributed by atoms with Crippen molar-refractivity contribution in [2.24, 2.45) is 0 Å². The molecule has 0 spiro atoms. The number of hydrogen-bond acceptors (Lipinski definition) is 3. The molecule has 0 atom stereocenters. The number of nitrogens with zero attached hydrogens (tertiary/aromatic N) is 2. The zero-order valence-electron chi connectivity index (χ0n) is 13.4. The molecule has 0 saturated heterocycles. The van der Waals surface area contributed by atoms with Crippen molar-refractivity contribution in [3.8, 4) is 0 Å². The van der Waals surface area contributed by atoms with E-state index in [4.69, 9.17) is 0 Å². The predicted octanol–water partition coefficient (Wildman–Crippen LogP) is 3.38. The van der Waals surface area contributed by atoms with Gasteiger partial charge in [0.05, 0.1) is 11.4 Å². The van der Waals surface area contributed by atoms with Crippen LogP contribution in [0.5, 0.6) is 0 Å². The van der Waals surface area contributed by atoms with Crippen LogP contribution in [-0.2, 0) is 0 Å². The van der Waals surface area contributed by atoms with Gasteiger partial charge >= 0.3 is 0 Å². The van der Waals surface area contributed by atoms with Gasteiger partial charge in [-0.05, 0) is 70.4 Å². The maximum absolute atomic E-state index is 3.53. The molecule has 0 radical (unpaired) electrons. The van der Waals surface area contributed by atoms with E-state index in [-0.39, 0.29) is 0 Å². The molecule has 0 amide bonds. The van der Waals surface area contributed by atoms with Crippen molar-refractivity contribution in [3.05, 3.63) is 23.8 Å². The predicted molar refractivity (Wildman–Crippen MR) is 89.0 cm³/mol. The molecule has 0 heterocycles. The maximum atomic E-state index is 3.53. The largest absolute Gasteiger partial charge is 0.384 e. The molecule has 20 heavy (non-hydrogen) atoms. The first-order valence-corrected chi connectivity index (χ1v) is 7.85. The second kappa shape index (κ2) is 6.98. The lowest BCUT2D eigenvalue weighted by Gasteiger charge is -2.24. The molecular formula is C17H29N3. The monoisotopic (exact) mass is 275 g/mol. The van der Waals surface area contributed by atoms with Crippen molar-refractivity contribution in [3.63, 3.8) is 0 Å². The molecule has 1 aromatic rings. The Hall–Kier alpha value is -1.22. The van der Waals surface area contributed by atoms with E-state index in [1.807, 2.05) is 0 Å². The lowest BCUT2D eigenvalue weighted by molar-refractivity contribution is 0.402. The molecule has 1 aromatic carbocycles. The molecule has 1 N–H and O–H groups in total. The van der Waals surface area contributed by atoms with E-state index in [1.165, 1.54) is 36.2 Å². The van der Waals surface area contributed by atoms with Gasteiger partial charge in [-0.3, -0.25) is 0 Å². The fraction of sp³-hybridized carbons (Fsp3) is 0.647. The Balaban J connectivity index is 2.04. The highest BCUT2D eigenvalue weighted by Gasteiger charge is 2.24. The minimum Gasteiger partial charge on any atom is -0.384 e. The second-order valence-electron chi connectivity index (χ2n) is 6.16. The summed E-state index contributed by atoms with van der Waals surface area (Å²) in [6.07, 6.45) is 3.92. The van der Waals surface area contributed by atoms with Crippen molar-refractivity contribution < 1.29 is 0 Å². The summed E-state index contributed by atoms with van der Waals surface area (Å²) in [5, 5.41) is 3.53. The number of anilines is 2. The SMILES string of the molecule is CCNc1cc(C2CC2)ccc1N(C)CCCN(C)C. The summed E-state index contributed by atoms with van der Waals surface area (Å²) in [4.78, 5) is 4.62. The molecule has 1 aliphatic rings. The van der Waals surface area contributed by atoms with Gasteiger partial charge in [-0.2, -0.15) is 0 Å². The van der Waals surface area contributed by atoms with E-state index >= 15 is 0 Å². The number of rotatable bonds is 8. The van der Waals surface area contributed by atoms with Gasteiger partial charge in [0, 0.05) is 20.1 Å². The minimum absolute atomic E-state index is 0.820. The third-order valence-corrected chi connectivity index (χ3v) is 3.95. The molecule has 112 valence electrons. The first-order valence-electron chi connectivity index (χ1n) is 7.85. The van der Waals surface area contributed by atoms with Crippen LogP contribution >= 0.6 is 0 Å².